The van der Waals surface area contributed by atoms with E-state index in [1.54, 1.807) is 45.0 Å². The molecule has 0 aliphatic heterocycles. The second-order valence-electron chi connectivity index (χ2n) is 7.81. The molecule has 0 saturated heterocycles. The van der Waals surface area contributed by atoms with E-state index in [9.17, 15) is 18.3 Å². The minimum atomic E-state index is -3.30. The van der Waals surface area contributed by atoms with Gasteiger partial charge in [0.2, 0.25) is 0 Å². The first-order chi connectivity index (χ1) is 14.5. The molecule has 3 aromatic rings. The van der Waals surface area contributed by atoms with Gasteiger partial charge in [0.15, 0.2) is 9.84 Å². The summed E-state index contributed by atoms with van der Waals surface area (Å²) in [5, 5.41) is 14.8. The predicted octanol–water partition coefficient (Wildman–Crippen LogP) is 3.41. The van der Waals surface area contributed by atoms with Crippen molar-refractivity contribution in [1.29, 1.82) is 0 Å². The van der Waals surface area contributed by atoms with Crippen LogP contribution >= 0.6 is 0 Å². The van der Waals surface area contributed by atoms with E-state index >= 15 is 0 Å². The summed E-state index contributed by atoms with van der Waals surface area (Å²) in [6, 6.07) is 16.0. The van der Waals surface area contributed by atoms with Crippen molar-refractivity contribution in [3.63, 3.8) is 0 Å². The molecule has 0 spiro atoms. The first-order valence-electron chi connectivity index (χ1n) is 9.86. The van der Waals surface area contributed by atoms with Gasteiger partial charge in [-0.2, -0.15) is 5.10 Å². The van der Waals surface area contributed by atoms with Crippen molar-refractivity contribution in [3.8, 4) is 22.4 Å². The first-order valence-corrected chi connectivity index (χ1v) is 11.8. The zero-order valence-corrected chi connectivity index (χ0v) is 18.8. The van der Waals surface area contributed by atoms with Crippen LogP contribution in [0.25, 0.3) is 22.4 Å². The molecule has 7 nitrogen and oxygen atoms in total. The summed E-state index contributed by atoms with van der Waals surface area (Å²) in [5.74, 6) is -0.414. The summed E-state index contributed by atoms with van der Waals surface area (Å²) in [7, 11) is -3.30. The van der Waals surface area contributed by atoms with Crippen LogP contribution in [0.2, 0.25) is 0 Å². The van der Waals surface area contributed by atoms with Gasteiger partial charge < -0.3 is 9.84 Å². The lowest BCUT2D eigenvalue weighted by Crippen LogP contribution is -2.19. The lowest BCUT2D eigenvalue weighted by atomic mass is 10.0. The van der Waals surface area contributed by atoms with Crippen LogP contribution in [-0.2, 0) is 31.5 Å². The van der Waals surface area contributed by atoms with Crippen molar-refractivity contribution in [2.45, 2.75) is 37.8 Å². The molecule has 2 aromatic carbocycles. The molecule has 1 aromatic heterocycles. The highest BCUT2D eigenvalue weighted by Crippen LogP contribution is 2.29. The third kappa shape index (κ3) is 5.39. The Kier molecular flexibility index (Phi) is 6.33. The Bertz CT molecular complexity index is 1190. The van der Waals surface area contributed by atoms with Gasteiger partial charge in [-0.15, -0.1) is 0 Å². The Balaban J connectivity index is 1.98. The Labute approximate surface area is 182 Å². The maximum atomic E-state index is 12.0. The van der Waals surface area contributed by atoms with E-state index < -0.39 is 21.4 Å². The molecule has 0 atom stereocenters. The number of aliphatic hydroxyl groups is 1. The number of carbonyl (C=O) groups is 1. The summed E-state index contributed by atoms with van der Waals surface area (Å²) in [4.78, 5) is 12.3. The van der Waals surface area contributed by atoms with Crippen LogP contribution in [-0.4, -0.2) is 42.1 Å². The van der Waals surface area contributed by atoms with E-state index in [2.05, 4.69) is 5.10 Å². The maximum Gasteiger partial charge on any atom is 0.327 e. The fourth-order valence-electron chi connectivity index (χ4n) is 3.14. The van der Waals surface area contributed by atoms with Crippen LogP contribution in [0.4, 0.5) is 0 Å². The van der Waals surface area contributed by atoms with Crippen LogP contribution in [0.5, 0.6) is 0 Å². The van der Waals surface area contributed by atoms with Crippen molar-refractivity contribution in [2.75, 3.05) is 12.9 Å². The van der Waals surface area contributed by atoms with Gasteiger partial charge in [0.25, 0.3) is 0 Å². The number of carbonyl (C=O) groups excluding carboxylic acids is 1. The molecule has 3 rings (SSSR count). The number of aromatic nitrogens is 2. The number of hydrogen-bond donors (Lipinski definition) is 1. The van der Waals surface area contributed by atoms with Gasteiger partial charge in [0.1, 0.15) is 12.1 Å². The topological polar surface area (TPSA) is 98.5 Å². The Morgan fingerprint density at radius 2 is 1.71 bits per heavy atom. The second kappa shape index (κ2) is 8.64. The van der Waals surface area contributed by atoms with Crippen LogP contribution < -0.4 is 0 Å². The maximum absolute atomic E-state index is 12.0. The fourth-order valence-corrected chi connectivity index (χ4v) is 3.80. The van der Waals surface area contributed by atoms with Crippen molar-refractivity contribution < 1.29 is 23.1 Å². The fraction of sp³-hybridized carbons (Fsp3) is 0.304. The molecular formula is C23H26N2O5S. The van der Waals surface area contributed by atoms with Gasteiger partial charge in [-0.05, 0) is 55.7 Å². The molecule has 164 valence electrons. The van der Waals surface area contributed by atoms with Gasteiger partial charge in [0.05, 0.1) is 22.9 Å². The number of hydrogen-bond acceptors (Lipinski definition) is 6. The van der Waals surface area contributed by atoms with Crippen LogP contribution in [0.15, 0.2) is 59.5 Å². The molecule has 0 aliphatic rings. The smallest absolute Gasteiger partial charge is 0.327 e. The van der Waals surface area contributed by atoms with Gasteiger partial charge >= 0.3 is 5.97 Å². The van der Waals surface area contributed by atoms with E-state index in [1.165, 1.54) is 10.9 Å². The highest BCUT2D eigenvalue weighted by atomic mass is 32.2. The van der Waals surface area contributed by atoms with E-state index in [1.807, 2.05) is 30.3 Å². The highest BCUT2D eigenvalue weighted by Gasteiger charge is 2.23. The molecule has 0 amide bonds. The average Bonchev–Trinajstić information content (AvgIpc) is 3.12. The van der Waals surface area contributed by atoms with Crippen LogP contribution in [0.3, 0.4) is 0 Å². The third-order valence-corrected chi connectivity index (χ3v) is 5.88. The quantitative estimate of drug-likeness (QED) is 0.563. The molecule has 8 heteroatoms. The number of rotatable bonds is 7. The van der Waals surface area contributed by atoms with Crippen molar-refractivity contribution in [1.82, 2.24) is 9.78 Å². The standard InChI is InChI=1S/C23H26N2O5S/c1-5-30-22(26)15-25-20(14-21(24-25)23(2,3)27)17-11-9-16(10-12-17)18-7-6-8-19(13-18)31(4,28)29/h6-14,27H,5,15H2,1-4H3. The number of nitrogens with zero attached hydrogens (tertiary/aromatic N) is 2. The predicted molar refractivity (Wildman–Crippen MR) is 118 cm³/mol. The van der Waals surface area contributed by atoms with Crippen molar-refractivity contribution in [2.24, 2.45) is 0 Å². The molecule has 0 unspecified atom stereocenters. The summed E-state index contributed by atoms with van der Waals surface area (Å²) in [5.41, 5.74) is 2.38. The second-order valence-corrected chi connectivity index (χ2v) is 9.83. The molecule has 0 fully saturated rings. The normalized spacial score (nSPS) is 12.0. The minimum Gasteiger partial charge on any atom is -0.465 e. The first kappa shape index (κ1) is 22.7. The molecule has 1 heterocycles. The van der Waals surface area contributed by atoms with Crippen molar-refractivity contribution >= 4 is 15.8 Å². The Morgan fingerprint density at radius 1 is 1.06 bits per heavy atom. The summed E-state index contributed by atoms with van der Waals surface area (Å²) < 4.78 is 30.2. The van der Waals surface area contributed by atoms with Gasteiger partial charge in [0, 0.05) is 6.26 Å². The molecule has 0 bridgehead atoms. The van der Waals surface area contributed by atoms with Gasteiger partial charge in [-0.1, -0.05) is 36.4 Å². The van der Waals surface area contributed by atoms with Gasteiger partial charge in [-0.25, -0.2) is 8.42 Å². The van der Waals surface area contributed by atoms with E-state index in [4.69, 9.17) is 4.74 Å². The zero-order valence-electron chi connectivity index (χ0n) is 18.0. The number of esters is 1. The SMILES string of the molecule is CCOC(=O)Cn1nc(C(C)(C)O)cc1-c1ccc(-c2cccc(S(C)(=O)=O)c2)cc1. The van der Waals surface area contributed by atoms with Gasteiger partial charge in [-0.3, -0.25) is 9.48 Å². The lowest BCUT2D eigenvalue weighted by Gasteiger charge is -2.12. The largest absolute Gasteiger partial charge is 0.465 e. The minimum absolute atomic E-state index is 0.0720. The molecule has 0 saturated carbocycles. The van der Waals surface area contributed by atoms with E-state index in [-0.39, 0.29) is 18.0 Å². The monoisotopic (exact) mass is 442 g/mol. The summed E-state index contributed by atoms with van der Waals surface area (Å²) in [6.07, 6.45) is 1.18. The Morgan fingerprint density at radius 3 is 2.29 bits per heavy atom. The van der Waals surface area contributed by atoms with Crippen molar-refractivity contribution in [3.05, 3.63) is 60.3 Å². The van der Waals surface area contributed by atoms with Crippen LogP contribution in [0, 0.1) is 0 Å². The number of ether oxygens (including phenoxy) is 1. The molecular weight excluding hydrogens is 416 g/mol. The number of benzene rings is 2. The third-order valence-electron chi connectivity index (χ3n) is 4.77. The number of sulfone groups is 1. The van der Waals surface area contributed by atoms with Crippen LogP contribution in [0.1, 0.15) is 26.5 Å². The Hall–Kier alpha value is -2.97. The zero-order chi connectivity index (χ0) is 22.8. The highest BCUT2D eigenvalue weighted by molar-refractivity contribution is 7.90. The molecule has 1 N–H and O–H groups in total. The molecule has 0 aliphatic carbocycles. The molecule has 31 heavy (non-hydrogen) atoms. The lowest BCUT2D eigenvalue weighted by molar-refractivity contribution is -0.144. The van der Waals surface area contributed by atoms with E-state index in [0.29, 0.717) is 11.4 Å². The average molecular weight is 443 g/mol. The summed E-state index contributed by atoms with van der Waals surface area (Å²) in [6.45, 7) is 5.20. The summed E-state index contributed by atoms with van der Waals surface area (Å²) >= 11 is 0. The molecule has 0 radical (unpaired) electrons. The van der Waals surface area contributed by atoms with E-state index in [0.717, 1.165) is 16.7 Å².